The fourth-order valence-corrected chi connectivity index (χ4v) is 3.45. The summed E-state index contributed by atoms with van der Waals surface area (Å²) in [6.45, 7) is 4.61. The number of hydrogen-bond acceptors (Lipinski definition) is 4. The maximum absolute atomic E-state index is 6.65. The first-order chi connectivity index (χ1) is 11.6. The molecule has 1 aliphatic rings. The number of nitrogens with one attached hydrogen (secondary N) is 3. The molecule has 3 heterocycles. The Kier molecular flexibility index (Phi) is 3.61. The SMILES string of the molecule is Cc1c[nH]c2nc[nH+]c(N3CCC(N)(CNc4ccccc4)C3)c12. The molecule has 1 aromatic carbocycles. The third-order valence-electron chi connectivity index (χ3n) is 4.81. The molecule has 0 bridgehead atoms. The molecule has 6 heteroatoms. The minimum Gasteiger partial charge on any atom is -0.383 e. The Morgan fingerprint density at radius 3 is 3.04 bits per heavy atom. The molecule has 1 atom stereocenters. The van der Waals surface area contributed by atoms with Crippen LogP contribution in [0.25, 0.3) is 11.0 Å². The highest BCUT2D eigenvalue weighted by atomic mass is 15.2. The van der Waals surface area contributed by atoms with Crippen molar-refractivity contribution in [2.24, 2.45) is 5.73 Å². The van der Waals surface area contributed by atoms with Crippen LogP contribution in [0.5, 0.6) is 0 Å². The van der Waals surface area contributed by atoms with E-state index in [2.05, 4.69) is 44.2 Å². The predicted molar refractivity (Wildman–Crippen MR) is 96.1 cm³/mol. The molecule has 6 nitrogen and oxygen atoms in total. The highest BCUT2D eigenvalue weighted by molar-refractivity contribution is 5.89. The summed E-state index contributed by atoms with van der Waals surface area (Å²) in [7, 11) is 0. The van der Waals surface area contributed by atoms with E-state index in [-0.39, 0.29) is 5.54 Å². The van der Waals surface area contributed by atoms with E-state index in [1.54, 1.807) is 6.33 Å². The molecule has 1 unspecified atom stereocenters. The molecular formula is C18H23N6+. The molecule has 5 N–H and O–H groups in total. The standard InChI is InChI=1S/C18H22N6/c1-13-9-20-16-15(13)17(23-12-22-16)24-8-7-18(19,11-24)10-21-14-5-3-2-4-6-14/h2-6,9,12,21H,7-8,10-11,19H2,1H3,(H,20,22,23)/p+1. The van der Waals surface area contributed by atoms with Gasteiger partial charge in [0.2, 0.25) is 17.8 Å². The van der Waals surface area contributed by atoms with Crippen LogP contribution in [-0.4, -0.2) is 35.1 Å². The van der Waals surface area contributed by atoms with Gasteiger partial charge in [0.05, 0.1) is 18.6 Å². The van der Waals surface area contributed by atoms with Crippen LogP contribution in [0, 0.1) is 6.92 Å². The lowest BCUT2D eigenvalue weighted by molar-refractivity contribution is -0.366. The topological polar surface area (TPSA) is 84.1 Å². The van der Waals surface area contributed by atoms with Gasteiger partial charge in [-0.3, -0.25) is 4.90 Å². The van der Waals surface area contributed by atoms with E-state index in [9.17, 15) is 0 Å². The maximum atomic E-state index is 6.65. The predicted octanol–water partition coefficient (Wildman–Crippen LogP) is 1.71. The number of aromatic nitrogens is 3. The Balaban J connectivity index is 1.52. The summed E-state index contributed by atoms with van der Waals surface area (Å²) in [6, 6.07) is 10.2. The normalized spacial score (nSPS) is 20.7. The van der Waals surface area contributed by atoms with Crippen LogP contribution in [0.3, 0.4) is 0 Å². The zero-order valence-corrected chi connectivity index (χ0v) is 13.8. The number of rotatable bonds is 4. The van der Waals surface area contributed by atoms with Crippen LogP contribution in [0.4, 0.5) is 11.5 Å². The van der Waals surface area contributed by atoms with Crippen LogP contribution in [0.1, 0.15) is 12.0 Å². The summed E-state index contributed by atoms with van der Waals surface area (Å²) >= 11 is 0. The first kappa shape index (κ1) is 15.0. The van der Waals surface area contributed by atoms with Crippen molar-refractivity contribution < 1.29 is 4.98 Å². The minimum atomic E-state index is -0.247. The maximum Gasteiger partial charge on any atom is 0.234 e. The second-order valence-corrected chi connectivity index (χ2v) is 6.70. The van der Waals surface area contributed by atoms with Crippen molar-refractivity contribution in [3.63, 3.8) is 0 Å². The molecule has 2 aromatic heterocycles. The number of para-hydroxylation sites is 1. The third-order valence-corrected chi connectivity index (χ3v) is 4.81. The number of H-pyrrole nitrogens is 2. The number of benzene rings is 1. The van der Waals surface area contributed by atoms with E-state index in [1.807, 2.05) is 24.4 Å². The quantitative estimate of drug-likeness (QED) is 0.682. The van der Waals surface area contributed by atoms with Gasteiger partial charge in [-0.25, -0.2) is 4.98 Å². The highest BCUT2D eigenvalue weighted by Crippen LogP contribution is 2.29. The first-order valence-corrected chi connectivity index (χ1v) is 8.32. The van der Waals surface area contributed by atoms with Crippen LogP contribution in [0.2, 0.25) is 0 Å². The number of aryl methyl sites for hydroxylation is 1. The van der Waals surface area contributed by atoms with E-state index in [0.717, 1.165) is 48.6 Å². The lowest BCUT2D eigenvalue weighted by Gasteiger charge is -2.24. The van der Waals surface area contributed by atoms with E-state index in [0.29, 0.717) is 0 Å². The van der Waals surface area contributed by atoms with Crippen molar-refractivity contribution in [3.8, 4) is 0 Å². The summed E-state index contributed by atoms with van der Waals surface area (Å²) in [4.78, 5) is 13.2. The van der Waals surface area contributed by atoms with Gasteiger partial charge < -0.3 is 16.0 Å². The molecule has 0 radical (unpaired) electrons. The van der Waals surface area contributed by atoms with E-state index in [1.165, 1.54) is 5.56 Å². The molecule has 4 rings (SSSR count). The van der Waals surface area contributed by atoms with Gasteiger partial charge in [-0.2, -0.15) is 0 Å². The highest BCUT2D eigenvalue weighted by Gasteiger charge is 2.39. The van der Waals surface area contributed by atoms with Crippen molar-refractivity contribution in [2.75, 3.05) is 29.9 Å². The van der Waals surface area contributed by atoms with Crippen molar-refractivity contribution in [3.05, 3.63) is 48.4 Å². The van der Waals surface area contributed by atoms with Gasteiger partial charge in [0.25, 0.3) is 0 Å². The van der Waals surface area contributed by atoms with Crippen LogP contribution in [-0.2, 0) is 0 Å². The second-order valence-electron chi connectivity index (χ2n) is 6.70. The Bertz CT molecular complexity index is 843. The van der Waals surface area contributed by atoms with Crippen LogP contribution < -0.4 is 20.9 Å². The molecule has 0 amide bonds. The molecule has 1 aliphatic heterocycles. The van der Waals surface area contributed by atoms with Gasteiger partial charge in [-0.1, -0.05) is 23.2 Å². The fourth-order valence-electron chi connectivity index (χ4n) is 3.45. The third kappa shape index (κ3) is 2.69. The summed E-state index contributed by atoms with van der Waals surface area (Å²) < 4.78 is 0. The Hall–Kier alpha value is -2.60. The van der Waals surface area contributed by atoms with Gasteiger partial charge in [0.1, 0.15) is 5.39 Å². The number of aromatic amines is 2. The van der Waals surface area contributed by atoms with Gasteiger partial charge in [-0.15, -0.1) is 0 Å². The molecule has 0 spiro atoms. The Labute approximate surface area is 141 Å². The van der Waals surface area contributed by atoms with Gasteiger partial charge in [0, 0.05) is 24.8 Å². The van der Waals surface area contributed by atoms with Crippen molar-refractivity contribution >= 4 is 22.5 Å². The molecular weight excluding hydrogens is 300 g/mol. The Morgan fingerprint density at radius 2 is 2.21 bits per heavy atom. The van der Waals surface area contributed by atoms with Crippen molar-refractivity contribution in [1.29, 1.82) is 0 Å². The molecule has 0 saturated carbocycles. The number of nitrogens with zero attached hydrogens (tertiary/aromatic N) is 2. The largest absolute Gasteiger partial charge is 0.383 e. The molecule has 24 heavy (non-hydrogen) atoms. The van der Waals surface area contributed by atoms with Crippen LogP contribution in [0.15, 0.2) is 42.9 Å². The monoisotopic (exact) mass is 323 g/mol. The molecule has 0 aliphatic carbocycles. The van der Waals surface area contributed by atoms with Crippen LogP contribution >= 0.6 is 0 Å². The number of anilines is 2. The van der Waals surface area contributed by atoms with Crippen molar-refractivity contribution in [1.82, 2.24) is 9.97 Å². The minimum absolute atomic E-state index is 0.247. The number of fused-ring (bicyclic) bond motifs is 1. The summed E-state index contributed by atoms with van der Waals surface area (Å²) in [5, 5.41) is 4.61. The Morgan fingerprint density at radius 1 is 1.38 bits per heavy atom. The fraction of sp³-hybridized carbons (Fsp3) is 0.333. The number of nitrogens with two attached hydrogens (primary N) is 1. The first-order valence-electron chi connectivity index (χ1n) is 8.32. The summed E-state index contributed by atoms with van der Waals surface area (Å²) in [5.41, 5.74) is 9.63. The van der Waals surface area contributed by atoms with Crippen molar-refractivity contribution in [2.45, 2.75) is 18.9 Å². The molecule has 3 aromatic rings. The smallest absolute Gasteiger partial charge is 0.234 e. The molecule has 124 valence electrons. The lowest BCUT2D eigenvalue weighted by Crippen LogP contribution is -2.49. The summed E-state index contributed by atoms with van der Waals surface area (Å²) in [6.07, 6.45) is 4.69. The average molecular weight is 323 g/mol. The second kappa shape index (κ2) is 5.79. The number of hydrogen-bond donors (Lipinski definition) is 3. The molecule has 1 saturated heterocycles. The average Bonchev–Trinajstić information content (AvgIpc) is 3.18. The van der Waals surface area contributed by atoms with Gasteiger partial charge in [-0.05, 0) is 24.6 Å². The van der Waals surface area contributed by atoms with Gasteiger partial charge >= 0.3 is 0 Å². The zero-order chi connectivity index (χ0) is 16.6. The van der Waals surface area contributed by atoms with E-state index >= 15 is 0 Å². The van der Waals surface area contributed by atoms with E-state index in [4.69, 9.17) is 5.73 Å². The lowest BCUT2D eigenvalue weighted by atomic mass is 10.0. The molecule has 1 fully saturated rings. The van der Waals surface area contributed by atoms with E-state index < -0.39 is 0 Å². The van der Waals surface area contributed by atoms with Gasteiger partial charge in [0.15, 0.2) is 0 Å². The zero-order valence-electron chi connectivity index (χ0n) is 13.8. The summed E-state index contributed by atoms with van der Waals surface area (Å²) in [5.74, 6) is 1.10.